The van der Waals surface area contributed by atoms with E-state index in [2.05, 4.69) is 122 Å². The van der Waals surface area contributed by atoms with Gasteiger partial charge in [0.25, 0.3) is 5.89 Å². The minimum absolute atomic E-state index is 0.00457. The molecule has 108 heavy (non-hydrogen) atoms. The Bertz CT molecular complexity index is 4400. The minimum Gasteiger partial charge on any atom is -0.481 e. The quantitative estimate of drug-likeness (QED) is 0.0673. The van der Waals surface area contributed by atoms with E-state index < -0.39 is 75.7 Å². The third-order valence-corrected chi connectivity index (χ3v) is 33.4. The molecular weight excluding hydrogens is 1410 g/mol. The molecule has 14 rings (SSSR count). The molecule has 3 heterocycles. The number of ether oxygens (including phenoxy) is 2. The van der Waals surface area contributed by atoms with Gasteiger partial charge >= 0.3 is 23.9 Å². The van der Waals surface area contributed by atoms with Crippen LogP contribution in [0.5, 0.6) is 0 Å². The smallest absolute Gasteiger partial charge is 0.310 e. The van der Waals surface area contributed by atoms with Crippen LogP contribution in [0.3, 0.4) is 0 Å². The molecule has 1 aromatic carbocycles. The highest BCUT2D eigenvalue weighted by atomic mass is 35.5. The summed E-state index contributed by atoms with van der Waals surface area (Å²) in [6, 6.07) is 8.46. The van der Waals surface area contributed by atoms with Gasteiger partial charge in [-0.1, -0.05) is 120 Å². The number of aliphatic hydroxyl groups is 2. The van der Waals surface area contributed by atoms with Crippen LogP contribution in [0.1, 0.15) is 276 Å². The molecule has 0 bridgehead atoms. The van der Waals surface area contributed by atoms with E-state index in [-0.39, 0.29) is 145 Å². The fourth-order valence-corrected chi connectivity index (χ4v) is 27.2. The Morgan fingerprint density at radius 3 is 1.45 bits per heavy atom. The average molecular weight is 1530 g/mol. The maximum atomic E-state index is 14.7. The summed E-state index contributed by atoms with van der Waals surface area (Å²) in [5.74, 6) is -1.91. The van der Waals surface area contributed by atoms with Crippen LogP contribution in [-0.4, -0.2) is 93.5 Å². The van der Waals surface area contributed by atoms with Crippen molar-refractivity contribution in [2.24, 2.45) is 112 Å². The maximum Gasteiger partial charge on any atom is 0.310 e. The Kier molecular flexibility index (Phi) is 19.3. The third-order valence-electron chi connectivity index (χ3n) is 32.8. The second-order valence-electron chi connectivity index (χ2n) is 39.8. The number of allylic oxidation sites excluding steroid dienone is 2. The monoisotopic (exact) mass is 1520 g/mol. The number of aliphatic carboxylic acids is 2. The highest BCUT2D eigenvalue weighted by Gasteiger charge is 2.74. The molecule has 21 heteroatoms. The van der Waals surface area contributed by atoms with Crippen molar-refractivity contribution >= 4 is 58.6 Å². The van der Waals surface area contributed by atoms with Crippen LogP contribution < -0.4 is 0 Å². The first-order valence-electron chi connectivity index (χ1n) is 40.2. The van der Waals surface area contributed by atoms with E-state index in [1.165, 1.54) is 6.20 Å². The number of rotatable bonds is 18. The van der Waals surface area contributed by atoms with Crippen LogP contribution in [0, 0.1) is 112 Å². The summed E-state index contributed by atoms with van der Waals surface area (Å²) < 4.78 is 25.6. The molecule has 0 spiro atoms. The number of esters is 2. The number of carboxylic acid groups (broad SMARTS) is 2. The molecule has 3 aromatic heterocycles. The SMILES string of the molecule is CC(C)C1=C2[C@H]3CC[C@@H]4[C@@]5(C)CC[C@H](OC(=O)CC(C)(C)C(=O)O)C(C)(C)[C@@H]5CC[C@@]4(C)[C@]3(C)CC[C@@]2(C(O)c2nnc(-c3ccc(Cl)c(CC(C)(CC(=O)O[C@H]4CC[C@]5(C)[C@H]6CC[C@@H]7C8=C(C(C)C)C(=O)C[C@]8([C@@H](O)c8nnc(-c9ccc(Cl)cn9)o8)CC[C@@]7(C)[C@]6(C)CC[C@H]5C4(C)C)C(=O)O)c3)o2)CC1=O. The molecule has 4 aromatic rings. The molecule has 586 valence electrons. The predicted octanol–water partition coefficient (Wildman–Crippen LogP) is 18.6. The summed E-state index contributed by atoms with van der Waals surface area (Å²) in [6.45, 7) is 36.7. The number of carbonyl (C=O) groups is 6. The van der Waals surface area contributed by atoms with Gasteiger partial charge in [-0.2, -0.15) is 0 Å². The van der Waals surface area contributed by atoms with E-state index in [1.807, 2.05) is 0 Å². The molecule has 10 aliphatic rings. The molecule has 19 atom stereocenters. The van der Waals surface area contributed by atoms with E-state index in [9.17, 15) is 49.2 Å². The number of ketones is 2. The summed E-state index contributed by atoms with van der Waals surface area (Å²) in [7, 11) is 0. The topological polar surface area (TPSA) is 293 Å². The van der Waals surface area contributed by atoms with Gasteiger partial charge in [0.2, 0.25) is 17.7 Å². The Balaban J connectivity index is 0.652. The average Bonchev–Trinajstić information content (AvgIpc) is 1.23. The van der Waals surface area contributed by atoms with Crippen molar-refractivity contribution < 1.29 is 67.5 Å². The van der Waals surface area contributed by atoms with Crippen molar-refractivity contribution in [1.82, 2.24) is 25.4 Å². The van der Waals surface area contributed by atoms with Gasteiger partial charge in [0.1, 0.15) is 30.1 Å². The number of nitrogens with zero attached hydrogens (tertiary/aromatic N) is 5. The Morgan fingerprint density at radius 1 is 0.546 bits per heavy atom. The molecule has 0 radical (unpaired) electrons. The number of Topliss-reactive ketones (excluding diaryl/α,β-unsaturated/α-hetero) is 2. The number of aromatic nitrogens is 5. The van der Waals surface area contributed by atoms with Crippen LogP contribution in [-0.2, 0) is 44.7 Å². The molecule has 8 saturated carbocycles. The molecular formula is C87H115Cl2N5O14. The summed E-state index contributed by atoms with van der Waals surface area (Å²) in [4.78, 5) is 87.2. The van der Waals surface area contributed by atoms with Gasteiger partial charge in [0.15, 0.2) is 11.6 Å². The number of halogens is 2. The number of benzene rings is 1. The highest BCUT2D eigenvalue weighted by Crippen LogP contribution is 2.80. The molecule has 0 saturated heterocycles. The molecule has 0 aliphatic heterocycles. The summed E-state index contributed by atoms with van der Waals surface area (Å²) in [5, 5.41) is 65.1. The largest absolute Gasteiger partial charge is 0.481 e. The lowest BCUT2D eigenvalue weighted by Crippen LogP contribution is -2.66. The maximum absolute atomic E-state index is 14.7. The highest BCUT2D eigenvalue weighted by molar-refractivity contribution is 6.31. The summed E-state index contributed by atoms with van der Waals surface area (Å²) in [5.41, 5.74) is -1.48. The first-order valence-corrected chi connectivity index (χ1v) is 40.9. The lowest BCUT2D eigenvalue weighted by Gasteiger charge is -2.72. The van der Waals surface area contributed by atoms with Crippen molar-refractivity contribution in [2.45, 2.75) is 277 Å². The third kappa shape index (κ3) is 11.6. The van der Waals surface area contributed by atoms with Gasteiger partial charge in [-0.25, -0.2) is 4.98 Å². The number of aliphatic hydroxyl groups excluding tert-OH is 2. The van der Waals surface area contributed by atoms with Gasteiger partial charge in [-0.3, -0.25) is 28.8 Å². The number of hydrogen-bond acceptors (Lipinski definition) is 17. The van der Waals surface area contributed by atoms with Crippen molar-refractivity contribution in [3.05, 3.63) is 86.2 Å². The van der Waals surface area contributed by atoms with Crippen molar-refractivity contribution in [3.8, 4) is 23.0 Å². The van der Waals surface area contributed by atoms with Gasteiger partial charge < -0.3 is 38.7 Å². The lowest BCUT2D eigenvalue weighted by molar-refractivity contribution is -0.235. The zero-order valence-corrected chi connectivity index (χ0v) is 68.1. The second kappa shape index (κ2) is 26.5. The normalized spacial score (nSPS) is 37.2. The van der Waals surface area contributed by atoms with E-state index in [0.29, 0.717) is 59.4 Å². The second-order valence-corrected chi connectivity index (χ2v) is 40.7. The lowest BCUT2D eigenvalue weighted by atomic mass is 9.33. The molecule has 2 unspecified atom stereocenters. The van der Waals surface area contributed by atoms with E-state index in [4.69, 9.17) is 41.5 Å². The minimum atomic E-state index is -1.65. The number of pyridine rings is 1. The van der Waals surface area contributed by atoms with Crippen LogP contribution in [0.15, 0.2) is 67.7 Å². The molecule has 10 aliphatic carbocycles. The number of carbonyl (C=O) groups excluding carboxylic acids is 4. The summed E-state index contributed by atoms with van der Waals surface area (Å²) in [6.07, 6.45) is 10.7. The van der Waals surface area contributed by atoms with Gasteiger partial charge in [0, 0.05) is 51.3 Å². The van der Waals surface area contributed by atoms with Crippen molar-refractivity contribution in [3.63, 3.8) is 0 Å². The van der Waals surface area contributed by atoms with Gasteiger partial charge in [0.05, 0.1) is 28.7 Å². The Labute approximate surface area is 646 Å². The standard InChI is InChI=1S/C87H115Cl2N5O14/c1-45(2)64-54(95)40-86(36-34-82(14)50(66(64)86)20-24-58-80(12)30-28-60(105-62(97)42-76(5,6)74(101)102)77(7,8)56(80)26-32-84(58,82)16)68(99)72-93-91-70(107-72)47-18-22-52(89)48(38-47)39-79(11,75(103)104)43-63(98)106-61-29-31-81(13)57(78(61,9)10)27-33-85(17)59(81)25-21-51-67-65(46(3)4)55(96)41-87(67,37-35-83(51,85)15)69(100)73-94-92-71(108-73)53-23-19-49(88)44-90-53/h18-19,22-23,38,44-46,50-51,56-61,68-69,99-100H,20-21,24-37,39-43H2,1-17H3,(H,101,102)(H,103,104)/t50-,51-,56+,57+,58-,59-,60+,61+,68?,69+,79?,80+,81+,82-,83-,84-,85-,86-,87-/m1/s1. The zero-order chi connectivity index (χ0) is 78.4. The Morgan fingerprint density at radius 2 is 1.01 bits per heavy atom. The van der Waals surface area contributed by atoms with Crippen LogP contribution in [0.25, 0.3) is 23.0 Å². The molecule has 0 amide bonds. The van der Waals surface area contributed by atoms with Crippen LogP contribution >= 0.6 is 23.2 Å². The molecule has 19 nitrogen and oxygen atoms in total. The number of carboxylic acids is 2. The fourth-order valence-electron chi connectivity index (χ4n) is 26.9. The predicted molar refractivity (Wildman–Crippen MR) is 406 cm³/mol. The van der Waals surface area contributed by atoms with Gasteiger partial charge in [-0.15, -0.1) is 20.4 Å². The van der Waals surface area contributed by atoms with E-state index >= 15 is 0 Å². The van der Waals surface area contributed by atoms with E-state index in [0.717, 1.165) is 99.3 Å². The number of hydrogen-bond donors (Lipinski definition) is 4. The fraction of sp³-hybridized carbons (Fsp3) is 0.713. The van der Waals surface area contributed by atoms with Crippen LogP contribution in [0.4, 0.5) is 0 Å². The molecule has 8 fully saturated rings. The van der Waals surface area contributed by atoms with Crippen LogP contribution in [0.2, 0.25) is 10.0 Å². The van der Waals surface area contributed by atoms with Crippen molar-refractivity contribution in [2.75, 3.05) is 0 Å². The van der Waals surface area contributed by atoms with E-state index in [1.54, 1.807) is 51.1 Å². The Hall–Kier alpha value is -6.15. The number of fused-ring (bicyclic) bond motifs is 14. The molecule has 4 N–H and O–H groups in total. The van der Waals surface area contributed by atoms with Gasteiger partial charge in [-0.05, 0) is 268 Å². The van der Waals surface area contributed by atoms with Crippen molar-refractivity contribution in [1.29, 1.82) is 0 Å². The first kappa shape index (κ1) is 78.5. The zero-order valence-electron chi connectivity index (χ0n) is 66.6. The summed E-state index contributed by atoms with van der Waals surface area (Å²) >= 11 is 13.1. The first-order chi connectivity index (χ1) is 50.3.